The third kappa shape index (κ3) is 4.53. The summed E-state index contributed by atoms with van der Waals surface area (Å²) in [6, 6.07) is 7.43. The fourth-order valence-corrected chi connectivity index (χ4v) is 2.41. The van der Waals surface area contributed by atoms with Gasteiger partial charge in [-0.15, -0.1) is 11.3 Å². The van der Waals surface area contributed by atoms with Crippen molar-refractivity contribution in [3.63, 3.8) is 0 Å². The molecule has 0 spiro atoms. The molecule has 0 aliphatic rings. The van der Waals surface area contributed by atoms with Crippen molar-refractivity contribution in [1.29, 1.82) is 0 Å². The number of thiazole rings is 1. The highest BCUT2D eigenvalue weighted by molar-refractivity contribution is 7.14. The van der Waals surface area contributed by atoms with Crippen molar-refractivity contribution in [3.8, 4) is 5.75 Å². The maximum Gasteiger partial charge on any atom is 0.250 e. The number of aromatic nitrogens is 1. The van der Waals surface area contributed by atoms with Crippen molar-refractivity contribution in [3.05, 3.63) is 47.0 Å². The van der Waals surface area contributed by atoms with Gasteiger partial charge in [0.2, 0.25) is 5.91 Å². The Labute approximate surface area is 132 Å². The minimum atomic E-state index is -0.293. The van der Waals surface area contributed by atoms with Crippen LogP contribution in [0.1, 0.15) is 29.9 Å². The normalized spacial score (nSPS) is 10.6. The van der Waals surface area contributed by atoms with Gasteiger partial charge in [-0.1, -0.05) is 12.1 Å². The van der Waals surface area contributed by atoms with E-state index in [-0.39, 0.29) is 11.7 Å². The van der Waals surface area contributed by atoms with Crippen molar-refractivity contribution >= 4 is 34.2 Å². The molecule has 0 saturated carbocycles. The van der Waals surface area contributed by atoms with Gasteiger partial charge in [0.05, 0.1) is 6.61 Å². The summed E-state index contributed by atoms with van der Waals surface area (Å²) in [7, 11) is 0. The van der Waals surface area contributed by atoms with Gasteiger partial charge in [-0.05, 0) is 30.7 Å². The van der Waals surface area contributed by atoms with E-state index in [1.165, 1.54) is 24.3 Å². The molecule has 22 heavy (non-hydrogen) atoms. The third-order valence-electron chi connectivity index (χ3n) is 2.71. The van der Waals surface area contributed by atoms with Crippen LogP contribution in [-0.2, 0) is 4.79 Å². The molecule has 0 aliphatic carbocycles. The highest BCUT2D eigenvalue weighted by Crippen LogP contribution is 2.16. The number of nitrogens with zero attached hydrogens (tertiary/aromatic N) is 1. The molecular weight excluding hydrogens is 300 g/mol. The zero-order valence-electron chi connectivity index (χ0n) is 12.3. The standard InChI is InChI=1S/C16H16N2O3S/c1-3-21-13-7-4-12(5-8-13)6-9-15(20)18-16-17-14(10-22-16)11(2)19/h4-10H,3H2,1-2H3,(H,17,18,20)/b9-6+. The number of carbonyl (C=O) groups is 2. The van der Waals surface area contributed by atoms with Gasteiger partial charge < -0.3 is 4.74 Å². The molecule has 1 heterocycles. The van der Waals surface area contributed by atoms with Crippen LogP contribution < -0.4 is 10.1 Å². The topological polar surface area (TPSA) is 68.3 Å². The first-order valence-corrected chi connectivity index (χ1v) is 7.65. The second-order valence-electron chi connectivity index (χ2n) is 4.42. The minimum Gasteiger partial charge on any atom is -0.494 e. The number of benzene rings is 1. The molecule has 5 nitrogen and oxygen atoms in total. The van der Waals surface area contributed by atoms with E-state index in [0.717, 1.165) is 11.3 Å². The zero-order valence-corrected chi connectivity index (χ0v) is 13.1. The Balaban J connectivity index is 1.94. The van der Waals surface area contributed by atoms with Gasteiger partial charge in [-0.25, -0.2) is 4.98 Å². The fourth-order valence-electron chi connectivity index (χ4n) is 1.65. The number of hydrogen-bond donors (Lipinski definition) is 1. The molecule has 0 unspecified atom stereocenters. The number of amides is 1. The van der Waals surface area contributed by atoms with Crippen molar-refractivity contribution in [2.75, 3.05) is 11.9 Å². The van der Waals surface area contributed by atoms with Crippen LogP contribution in [0.5, 0.6) is 5.75 Å². The number of anilines is 1. The number of ketones is 1. The SMILES string of the molecule is CCOc1ccc(/C=C/C(=O)Nc2nc(C(C)=O)cs2)cc1. The average molecular weight is 316 g/mol. The molecule has 1 aromatic heterocycles. The molecule has 0 saturated heterocycles. The summed E-state index contributed by atoms with van der Waals surface area (Å²) in [6.45, 7) is 3.98. The molecule has 0 fully saturated rings. The highest BCUT2D eigenvalue weighted by atomic mass is 32.1. The van der Waals surface area contributed by atoms with E-state index >= 15 is 0 Å². The van der Waals surface area contributed by atoms with E-state index in [4.69, 9.17) is 4.74 Å². The number of hydrogen-bond acceptors (Lipinski definition) is 5. The van der Waals surface area contributed by atoms with E-state index in [1.54, 1.807) is 11.5 Å². The molecule has 2 rings (SSSR count). The van der Waals surface area contributed by atoms with Gasteiger partial charge in [0, 0.05) is 18.4 Å². The van der Waals surface area contributed by atoms with Crippen LogP contribution >= 0.6 is 11.3 Å². The van der Waals surface area contributed by atoms with Crippen LogP contribution in [0.3, 0.4) is 0 Å². The van der Waals surface area contributed by atoms with Gasteiger partial charge in [-0.2, -0.15) is 0 Å². The summed E-state index contributed by atoms with van der Waals surface area (Å²) < 4.78 is 5.35. The monoisotopic (exact) mass is 316 g/mol. The number of Topliss-reactive ketones (excluding diaryl/α,β-unsaturated/α-hetero) is 1. The molecule has 114 valence electrons. The lowest BCUT2D eigenvalue weighted by atomic mass is 10.2. The maximum absolute atomic E-state index is 11.8. The summed E-state index contributed by atoms with van der Waals surface area (Å²) in [4.78, 5) is 27.0. The van der Waals surface area contributed by atoms with E-state index in [1.807, 2.05) is 31.2 Å². The van der Waals surface area contributed by atoms with Gasteiger partial charge in [0.25, 0.3) is 0 Å². The molecular formula is C16H16N2O3S. The van der Waals surface area contributed by atoms with Crippen LogP contribution in [0.25, 0.3) is 6.08 Å². The Morgan fingerprint density at radius 1 is 1.32 bits per heavy atom. The first-order valence-electron chi connectivity index (χ1n) is 6.77. The first kappa shape index (κ1) is 15.9. The lowest BCUT2D eigenvalue weighted by molar-refractivity contribution is -0.111. The number of ether oxygens (including phenoxy) is 1. The summed E-state index contributed by atoms with van der Waals surface area (Å²) in [6.07, 6.45) is 3.12. The predicted octanol–water partition coefficient (Wildman–Crippen LogP) is 3.40. The smallest absolute Gasteiger partial charge is 0.250 e. The molecule has 6 heteroatoms. The van der Waals surface area contributed by atoms with Crippen molar-refractivity contribution in [2.24, 2.45) is 0 Å². The van der Waals surface area contributed by atoms with Crippen molar-refractivity contribution in [2.45, 2.75) is 13.8 Å². The Kier molecular flexibility index (Phi) is 5.43. The van der Waals surface area contributed by atoms with E-state index in [0.29, 0.717) is 17.4 Å². The Bertz CT molecular complexity index is 690. The molecule has 2 aromatic rings. The van der Waals surface area contributed by atoms with E-state index in [2.05, 4.69) is 10.3 Å². The average Bonchev–Trinajstić information content (AvgIpc) is 2.95. The first-order chi connectivity index (χ1) is 10.6. The molecule has 1 amide bonds. The predicted molar refractivity (Wildman–Crippen MR) is 87.4 cm³/mol. The van der Waals surface area contributed by atoms with Gasteiger partial charge >= 0.3 is 0 Å². The fraction of sp³-hybridized carbons (Fsp3) is 0.188. The number of rotatable bonds is 6. The Morgan fingerprint density at radius 3 is 2.64 bits per heavy atom. The molecule has 1 N–H and O–H groups in total. The summed E-state index contributed by atoms with van der Waals surface area (Å²) in [5.41, 5.74) is 1.25. The lowest BCUT2D eigenvalue weighted by Crippen LogP contribution is -2.07. The molecule has 0 atom stereocenters. The minimum absolute atomic E-state index is 0.123. The van der Waals surface area contributed by atoms with E-state index in [9.17, 15) is 9.59 Å². The molecule has 0 aliphatic heterocycles. The molecule has 1 aromatic carbocycles. The van der Waals surface area contributed by atoms with E-state index < -0.39 is 0 Å². The Morgan fingerprint density at radius 2 is 2.05 bits per heavy atom. The second kappa shape index (κ2) is 7.51. The van der Waals surface area contributed by atoms with Crippen LogP contribution in [0.15, 0.2) is 35.7 Å². The van der Waals surface area contributed by atoms with Gasteiger partial charge in [0.15, 0.2) is 10.9 Å². The van der Waals surface area contributed by atoms with Crippen molar-refractivity contribution in [1.82, 2.24) is 4.98 Å². The summed E-state index contributed by atoms with van der Waals surface area (Å²) in [5.74, 6) is 0.378. The quantitative estimate of drug-likeness (QED) is 0.655. The summed E-state index contributed by atoms with van der Waals surface area (Å²) >= 11 is 1.22. The number of carbonyl (C=O) groups excluding carboxylic acids is 2. The molecule has 0 bridgehead atoms. The number of nitrogens with one attached hydrogen (secondary N) is 1. The third-order valence-corrected chi connectivity index (χ3v) is 3.47. The highest BCUT2D eigenvalue weighted by Gasteiger charge is 2.07. The maximum atomic E-state index is 11.8. The lowest BCUT2D eigenvalue weighted by Gasteiger charge is -2.02. The van der Waals surface area contributed by atoms with Crippen LogP contribution in [-0.4, -0.2) is 23.3 Å². The largest absolute Gasteiger partial charge is 0.494 e. The van der Waals surface area contributed by atoms with Crippen molar-refractivity contribution < 1.29 is 14.3 Å². The van der Waals surface area contributed by atoms with Crippen LogP contribution in [0, 0.1) is 0 Å². The Hall–Kier alpha value is -2.47. The summed E-state index contributed by atoms with van der Waals surface area (Å²) in [5, 5.41) is 4.65. The molecule has 0 radical (unpaired) electrons. The van der Waals surface area contributed by atoms with Crippen LogP contribution in [0.4, 0.5) is 5.13 Å². The van der Waals surface area contributed by atoms with Gasteiger partial charge in [-0.3, -0.25) is 14.9 Å². The van der Waals surface area contributed by atoms with Crippen LogP contribution in [0.2, 0.25) is 0 Å². The van der Waals surface area contributed by atoms with Gasteiger partial charge in [0.1, 0.15) is 11.4 Å². The second-order valence-corrected chi connectivity index (χ2v) is 5.28. The zero-order chi connectivity index (χ0) is 15.9.